The van der Waals surface area contributed by atoms with Gasteiger partial charge in [0.25, 0.3) is 0 Å². The van der Waals surface area contributed by atoms with Gasteiger partial charge in [0, 0.05) is 4.88 Å². The predicted molar refractivity (Wildman–Crippen MR) is 63.5 cm³/mol. The molecule has 0 saturated heterocycles. The quantitative estimate of drug-likeness (QED) is 0.892. The molecular weight excluding hydrogens is 228 g/mol. The van der Waals surface area contributed by atoms with Gasteiger partial charge in [-0.3, -0.25) is 0 Å². The van der Waals surface area contributed by atoms with Crippen molar-refractivity contribution in [1.29, 1.82) is 0 Å². The lowest BCUT2D eigenvalue weighted by atomic mass is 10.4. The molecule has 80 valence electrons. The van der Waals surface area contributed by atoms with Gasteiger partial charge in [0.15, 0.2) is 0 Å². The maximum atomic E-state index is 4.20. The maximum Gasteiger partial charge on any atom is 0.205 e. The van der Waals surface area contributed by atoms with E-state index < -0.39 is 0 Å². The minimum Gasteiger partial charge on any atom is -0.355 e. The number of hydrogen-bond donors (Lipinski definition) is 1. The van der Waals surface area contributed by atoms with Crippen LogP contribution in [0.2, 0.25) is 0 Å². The fraction of sp³-hybridized carbons (Fsp3) is 0.444. The average Bonchev–Trinajstić information content (AvgIpc) is 2.84. The summed E-state index contributed by atoms with van der Waals surface area (Å²) in [5.41, 5.74) is 2.96. The Kier molecular flexibility index (Phi) is 3.27. The first-order chi connectivity index (χ1) is 7.29. The average molecular weight is 240 g/mol. The molecule has 4 nitrogen and oxygen atoms in total. The molecule has 15 heavy (non-hydrogen) atoms. The molecule has 0 aliphatic rings. The highest BCUT2D eigenvalue weighted by Gasteiger charge is 2.04. The molecule has 1 N–H and O–H groups in total. The van der Waals surface area contributed by atoms with Crippen LogP contribution in [0.3, 0.4) is 0 Å². The molecule has 0 bridgehead atoms. The Morgan fingerprint density at radius 2 is 2.27 bits per heavy atom. The van der Waals surface area contributed by atoms with Gasteiger partial charge in [-0.05, 0) is 13.3 Å². The number of aromatic nitrogens is 3. The third-order valence-electron chi connectivity index (χ3n) is 2.01. The topological polar surface area (TPSA) is 50.7 Å². The van der Waals surface area contributed by atoms with Crippen molar-refractivity contribution in [2.45, 2.75) is 26.8 Å². The molecule has 0 amide bonds. The summed E-state index contributed by atoms with van der Waals surface area (Å²) < 4.78 is 0. The first-order valence-corrected chi connectivity index (χ1v) is 6.44. The monoisotopic (exact) mass is 240 g/mol. The number of anilines is 1. The van der Waals surface area contributed by atoms with Gasteiger partial charge in [-0.25, -0.2) is 4.98 Å². The Hall–Kier alpha value is -1.01. The van der Waals surface area contributed by atoms with Crippen molar-refractivity contribution in [2.75, 3.05) is 5.32 Å². The van der Waals surface area contributed by atoms with Crippen molar-refractivity contribution in [3.63, 3.8) is 0 Å². The van der Waals surface area contributed by atoms with Crippen LogP contribution in [0.5, 0.6) is 0 Å². The molecule has 2 heterocycles. The molecule has 0 aliphatic heterocycles. The number of hydrogen-bond acceptors (Lipinski definition) is 6. The highest BCUT2D eigenvalue weighted by Crippen LogP contribution is 2.18. The first-order valence-electron chi connectivity index (χ1n) is 4.74. The van der Waals surface area contributed by atoms with E-state index in [1.807, 2.05) is 12.4 Å². The second-order valence-corrected chi connectivity index (χ2v) is 5.07. The molecule has 2 rings (SSSR count). The van der Waals surface area contributed by atoms with Crippen molar-refractivity contribution >= 4 is 27.8 Å². The van der Waals surface area contributed by atoms with Crippen molar-refractivity contribution in [3.8, 4) is 0 Å². The number of thiazole rings is 1. The van der Waals surface area contributed by atoms with Gasteiger partial charge in [0.1, 0.15) is 5.01 Å². The van der Waals surface area contributed by atoms with E-state index in [9.17, 15) is 0 Å². The maximum absolute atomic E-state index is 4.20. The summed E-state index contributed by atoms with van der Waals surface area (Å²) in [4.78, 5) is 5.45. The van der Waals surface area contributed by atoms with Crippen LogP contribution in [0.15, 0.2) is 5.51 Å². The third kappa shape index (κ3) is 2.51. The lowest BCUT2D eigenvalue weighted by molar-refractivity contribution is 0.975. The number of rotatable bonds is 4. The molecule has 0 aromatic carbocycles. The lowest BCUT2D eigenvalue weighted by Crippen LogP contribution is -1.98. The fourth-order valence-electron chi connectivity index (χ4n) is 1.12. The largest absolute Gasteiger partial charge is 0.355 e. The summed E-state index contributed by atoms with van der Waals surface area (Å²) in [5.74, 6) is 0. The van der Waals surface area contributed by atoms with Gasteiger partial charge in [0.2, 0.25) is 5.13 Å². The highest BCUT2D eigenvalue weighted by molar-refractivity contribution is 7.15. The van der Waals surface area contributed by atoms with E-state index in [0.717, 1.165) is 28.8 Å². The van der Waals surface area contributed by atoms with Crippen LogP contribution in [0.25, 0.3) is 0 Å². The summed E-state index contributed by atoms with van der Waals surface area (Å²) in [6.45, 7) is 4.89. The SMILES string of the molecule is CCc1nnc(NCc2scnc2C)s1. The van der Waals surface area contributed by atoms with E-state index in [0.29, 0.717) is 0 Å². The molecular formula is C9H12N4S2. The van der Waals surface area contributed by atoms with Crippen LogP contribution in [0.4, 0.5) is 5.13 Å². The van der Waals surface area contributed by atoms with E-state index >= 15 is 0 Å². The Bertz CT molecular complexity index is 435. The minimum atomic E-state index is 0.787. The molecule has 0 aliphatic carbocycles. The molecule has 0 radical (unpaired) electrons. The molecule has 0 fully saturated rings. The summed E-state index contributed by atoms with van der Waals surface area (Å²) >= 11 is 3.28. The lowest BCUT2D eigenvalue weighted by Gasteiger charge is -1.98. The summed E-state index contributed by atoms with van der Waals surface area (Å²) in [7, 11) is 0. The van der Waals surface area contributed by atoms with Crippen LogP contribution < -0.4 is 5.32 Å². The van der Waals surface area contributed by atoms with Crippen LogP contribution in [-0.2, 0) is 13.0 Å². The number of nitrogens with zero attached hydrogens (tertiary/aromatic N) is 3. The summed E-state index contributed by atoms with van der Waals surface area (Å²) in [5, 5.41) is 13.3. The number of aryl methyl sites for hydroxylation is 2. The summed E-state index contributed by atoms with van der Waals surface area (Å²) in [6.07, 6.45) is 0.943. The van der Waals surface area contributed by atoms with Crippen LogP contribution in [-0.4, -0.2) is 15.2 Å². The van der Waals surface area contributed by atoms with Gasteiger partial charge in [0.05, 0.1) is 17.7 Å². The van der Waals surface area contributed by atoms with E-state index in [2.05, 4.69) is 27.4 Å². The minimum absolute atomic E-state index is 0.787. The van der Waals surface area contributed by atoms with Gasteiger partial charge < -0.3 is 5.32 Å². The second-order valence-electron chi connectivity index (χ2n) is 3.07. The van der Waals surface area contributed by atoms with Crippen molar-refractivity contribution in [2.24, 2.45) is 0 Å². The highest BCUT2D eigenvalue weighted by atomic mass is 32.1. The Labute approximate surface area is 96.4 Å². The zero-order chi connectivity index (χ0) is 10.7. The van der Waals surface area contributed by atoms with Crippen LogP contribution in [0, 0.1) is 6.92 Å². The van der Waals surface area contributed by atoms with Crippen molar-refractivity contribution in [1.82, 2.24) is 15.2 Å². The van der Waals surface area contributed by atoms with Crippen LogP contribution in [0.1, 0.15) is 22.5 Å². The van der Waals surface area contributed by atoms with E-state index in [-0.39, 0.29) is 0 Å². The Morgan fingerprint density at radius 1 is 1.40 bits per heavy atom. The smallest absolute Gasteiger partial charge is 0.205 e. The van der Waals surface area contributed by atoms with Gasteiger partial charge in [-0.2, -0.15) is 0 Å². The van der Waals surface area contributed by atoms with E-state index in [1.165, 1.54) is 4.88 Å². The molecule has 2 aromatic heterocycles. The molecule has 6 heteroatoms. The Balaban J connectivity index is 1.96. The van der Waals surface area contributed by atoms with Crippen LogP contribution >= 0.6 is 22.7 Å². The normalized spacial score (nSPS) is 10.5. The van der Waals surface area contributed by atoms with Gasteiger partial charge >= 0.3 is 0 Å². The standard InChI is InChI=1S/C9H12N4S2/c1-3-8-12-13-9(15-8)10-4-7-6(2)11-5-14-7/h5H,3-4H2,1-2H3,(H,10,13). The molecule has 0 unspecified atom stereocenters. The first kappa shape index (κ1) is 10.5. The van der Waals surface area contributed by atoms with E-state index in [1.54, 1.807) is 22.7 Å². The van der Waals surface area contributed by atoms with Crippen molar-refractivity contribution < 1.29 is 0 Å². The molecule has 0 saturated carbocycles. The molecule has 2 aromatic rings. The van der Waals surface area contributed by atoms with Gasteiger partial charge in [-0.15, -0.1) is 21.5 Å². The van der Waals surface area contributed by atoms with Crippen molar-refractivity contribution in [3.05, 3.63) is 21.1 Å². The predicted octanol–water partition coefficient (Wildman–Crippen LogP) is 2.48. The molecule has 0 spiro atoms. The fourth-order valence-corrected chi connectivity index (χ4v) is 2.51. The Morgan fingerprint density at radius 3 is 2.87 bits per heavy atom. The summed E-state index contributed by atoms with van der Waals surface area (Å²) in [6, 6.07) is 0. The zero-order valence-electron chi connectivity index (χ0n) is 8.65. The second kappa shape index (κ2) is 4.67. The third-order valence-corrected chi connectivity index (χ3v) is 3.97. The zero-order valence-corrected chi connectivity index (χ0v) is 10.3. The van der Waals surface area contributed by atoms with Gasteiger partial charge in [-0.1, -0.05) is 18.3 Å². The van der Waals surface area contributed by atoms with E-state index in [4.69, 9.17) is 0 Å². The molecule has 0 atom stereocenters. The number of nitrogens with one attached hydrogen (secondary N) is 1.